The molecule has 2 amide bonds. The molecule has 0 radical (unpaired) electrons. The summed E-state index contributed by atoms with van der Waals surface area (Å²) in [4.78, 5) is 30.6. The maximum atomic E-state index is 13.6. The summed E-state index contributed by atoms with van der Waals surface area (Å²) in [5.41, 5.74) is 1.83. The van der Waals surface area contributed by atoms with Gasteiger partial charge in [0.15, 0.2) is 0 Å². The first-order valence-electron chi connectivity index (χ1n) is 13.5. The van der Waals surface area contributed by atoms with Crippen molar-refractivity contribution in [1.29, 1.82) is 0 Å². The summed E-state index contributed by atoms with van der Waals surface area (Å²) in [6, 6.07) is 10.9. The standard InChI is InChI=1S/C30H41Cl2N3O4/c1-19(2)34(20(3)4)16-14-33-28(36)27-24-12-11-23(38-18-22-9-8-10-25(31)26(22)32)17-21(24)13-15-35(27)29(37)39-30(5,6)7/h8-12,17,19-20,27H,13-16,18H2,1-7H3,(H,33,36). The van der Waals surface area contributed by atoms with E-state index in [1.165, 1.54) is 4.90 Å². The van der Waals surface area contributed by atoms with E-state index in [1.807, 2.05) is 51.1 Å². The van der Waals surface area contributed by atoms with Crippen LogP contribution in [0, 0.1) is 0 Å². The number of amides is 2. The van der Waals surface area contributed by atoms with Gasteiger partial charge in [-0.1, -0.05) is 41.4 Å². The molecule has 0 saturated heterocycles. The number of benzene rings is 2. The van der Waals surface area contributed by atoms with Crippen molar-refractivity contribution in [1.82, 2.24) is 15.1 Å². The van der Waals surface area contributed by atoms with Crippen molar-refractivity contribution in [3.63, 3.8) is 0 Å². The maximum Gasteiger partial charge on any atom is 0.411 e. The van der Waals surface area contributed by atoms with Crippen LogP contribution in [-0.2, 0) is 22.6 Å². The monoisotopic (exact) mass is 577 g/mol. The molecular weight excluding hydrogens is 537 g/mol. The third kappa shape index (κ3) is 8.26. The molecule has 0 aromatic heterocycles. The largest absolute Gasteiger partial charge is 0.489 e. The highest BCUT2D eigenvalue weighted by Crippen LogP contribution is 2.34. The molecular formula is C30H41Cl2N3O4. The van der Waals surface area contributed by atoms with Gasteiger partial charge < -0.3 is 14.8 Å². The number of hydrogen-bond donors (Lipinski definition) is 1. The zero-order valence-corrected chi connectivity index (χ0v) is 25.5. The van der Waals surface area contributed by atoms with Crippen molar-refractivity contribution < 1.29 is 19.1 Å². The number of carbonyl (C=O) groups is 2. The third-order valence-corrected chi connectivity index (χ3v) is 7.50. The Bertz CT molecular complexity index is 1160. The van der Waals surface area contributed by atoms with Gasteiger partial charge in [-0.3, -0.25) is 14.6 Å². The van der Waals surface area contributed by atoms with Gasteiger partial charge in [-0.05, 0) is 84.2 Å². The van der Waals surface area contributed by atoms with Gasteiger partial charge in [0.25, 0.3) is 0 Å². The lowest BCUT2D eigenvalue weighted by Crippen LogP contribution is -2.50. The van der Waals surface area contributed by atoms with Crippen molar-refractivity contribution >= 4 is 35.2 Å². The fourth-order valence-corrected chi connectivity index (χ4v) is 5.21. The van der Waals surface area contributed by atoms with Gasteiger partial charge in [-0.15, -0.1) is 0 Å². The molecule has 9 heteroatoms. The average Bonchev–Trinajstić information content (AvgIpc) is 2.84. The minimum absolute atomic E-state index is 0.228. The van der Waals surface area contributed by atoms with Crippen LogP contribution in [0.25, 0.3) is 0 Å². The van der Waals surface area contributed by atoms with E-state index in [1.54, 1.807) is 6.07 Å². The molecule has 1 atom stereocenters. The van der Waals surface area contributed by atoms with Gasteiger partial charge in [0, 0.05) is 37.3 Å². The molecule has 7 nitrogen and oxygen atoms in total. The molecule has 1 unspecified atom stereocenters. The second kappa shape index (κ2) is 13.2. The highest BCUT2D eigenvalue weighted by atomic mass is 35.5. The Labute approximate surface area is 242 Å². The highest BCUT2D eigenvalue weighted by molar-refractivity contribution is 6.42. The lowest BCUT2D eigenvalue weighted by molar-refractivity contribution is -0.127. The van der Waals surface area contributed by atoms with Crippen LogP contribution in [0.3, 0.4) is 0 Å². The highest BCUT2D eigenvalue weighted by Gasteiger charge is 2.38. The van der Waals surface area contributed by atoms with E-state index in [0.717, 1.165) is 16.7 Å². The summed E-state index contributed by atoms with van der Waals surface area (Å²) >= 11 is 12.4. The van der Waals surface area contributed by atoms with Crippen LogP contribution in [0.4, 0.5) is 4.79 Å². The Kier molecular flexibility index (Phi) is 10.5. The van der Waals surface area contributed by atoms with E-state index in [0.29, 0.717) is 53.9 Å². The first-order valence-corrected chi connectivity index (χ1v) is 14.3. The summed E-state index contributed by atoms with van der Waals surface area (Å²) in [7, 11) is 0. The Hall–Kier alpha value is -2.48. The van der Waals surface area contributed by atoms with E-state index in [9.17, 15) is 9.59 Å². The summed E-state index contributed by atoms with van der Waals surface area (Å²) in [6.07, 6.45) is 0.0669. The molecule has 0 bridgehead atoms. The normalized spacial score (nSPS) is 15.5. The molecule has 1 aliphatic heterocycles. The Morgan fingerprint density at radius 2 is 1.79 bits per heavy atom. The molecule has 0 spiro atoms. The number of nitrogens with zero attached hydrogens (tertiary/aromatic N) is 2. The SMILES string of the molecule is CC(C)N(CCNC(=O)C1c2ccc(OCc3cccc(Cl)c3Cl)cc2CCN1C(=O)OC(C)(C)C)C(C)C. The van der Waals surface area contributed by atoms with Crippen molar-refractivity contribution in [2.75, 3.05) is 19.6 Å². The van der Waals surface area contributed by atoms with E-state index >= 15 is 0 Å². The van der Waals surface area contributed by atoms with Gasteiger partial charge in [0.1, 0.15) is 24.0 Å². The lowest BCUT2D eigenvalue weighted by atomic mass is 9.92. The molecule has 1 aliphatic rings. The van der Waals surface area contributed by atoms with Crippen molar-refractivity contribution in [3.8, 4) is 5.75 Å². The molecule has 1 N–H and O–H groups in total. The van der Waals surface area contributed by atoms with Crippen LogP contribution < -0.4 is 10.1 Å². The fraction of sp³-hybridized carbons (Fsp3) is 0.533. The second-order valence-electron chi connectivity index (χ2n) is 11.4. The summed E-state index contributed by atoms with van der Waals surface area (Å²) in [5, 5.41) is 4.01. The molecule has 0 fully saturated rings. The Morgan fingerprint density at radius 1 is 1.10 bits per heavy atom. The van der Waals surface area contributed by atoms with E-state index < -0.39 is 17.7 Å². The molecule has 2 aromatic rings. The first-order chi connectivity index (χ1) is 18.3. The number of carbonyl (C=O) groups excluding carboxylic acids is 2. The molecule has 0 aliphatic carbocycles. The maximum absolute atomic E-state index is 13.6. The summed E-state index contributed by atoms with van der Waals surface area (Å²) < 4.78 is 11.7. The minimum Gasteiger partial charge on any atom is -0.489 e. The minimum atomic E-state index is -0.799. The van der Waals surface area contributed by atoms with Crippen molar-refractivity contribution in [2.24, 2.45) is 0 Å². The van der Waals surface area contributed by atoms with E-state index in [-0.39, 0.29) is 12.5 Å². The van der Waals surface area contributed by atoms with Crippen LogP contribution in [0.15, 0.2) is 36.4 Å². The molecule has 2 aromatic carbocycles. The smallest absolute Gasteiger partial charge is 0.411 e. The van der Waals surface area contributed by atoms with Crippen molar-refractivity contribution in [2.45, 2.75) is 85.2 Å². The number of rotatable bonds is 9. The predicted octanol–water partition coefficient (Wildman–Crippen LogP) is 6.64. The quantitative estimate of drug-likeness (QED) is 0.361. The molecule has 39 heavy (non-hydrogen) atoms. The van der Waals surface area contributed by atoms with Gasteiger partial charge in [-0.2, -0.15) is 0 Å². The number of halogens is 2. The van der Waals surface area contributed by atoms with E-state index in [4.69, 9.17) is 32.7 Å². The average molecular weight is 579 g/mol. The Balaban J connectivity index is 1.81. The summed E-state index contributed by atoms with van der Waals surface area (Å²) in [5.74, 6) is 0.424. The molecule has 1 heterocycles. The Morgan fingerprint density at radius 3 is 2.44 bits per heavy atom. The number of fused-ring (bicyclic) bond motifs is 1. The van der Waals surface area contributed by atoms with Crippen molar-refractivity contribution in [3.05, 3.63) is 63.1 Å². The number of ether oxygens (including phenoxy) is 2. The van der Waals surface area contributed by atoms with Crippen LogP contribution in [0.5, 0.6) is 5.75 Å². The zero-order valence-electron chi connectivity index (χ0n) is 24.0. The second-order valence-corrected chi connectivity index (χ2v) is 12.2. The van der Waals surface area contributed by atoms with Crippen LogP contribution in [-0.4, -0.2) is 59.1 Å². The summed E-state index contributed by atoms with van der Waals surface area (Å²) in [6.45, 7) is 15.8. The number of hydrogen-bond acceptors (Lipinski definition) is 5. The third-order valence-electron chi connectivity index (χ3n) is 6.64. The molecule has 3 rings (SSSR count). The molecule has 214 valence electrons. The van der Waals surface area contributed by atoms with Gasteiger partial charge in [0.2, 0.25) is 5.91 Å². The number of nitrogens with one attached hydrogen (secondary N) is 1. The van der Waals surface area contributed by atoms with Crippen LogP contribution in [0.1, 0.15) is 71.2 Å². The lowest BCUT2D eigenvalue weighted by Gasteiger charge is -2.37. The van der Waals surface area contributed by atoms with Crippen LogP contribution in [0.2, 0.25) is 10.0 Å². The first kappa shape index (κ1) is 31.1. The van der Waals surface area contributed by atoms with E-state index in [2.05, 4.69) is 37.9 Å². The molecule has 0 saturated carbocycles. The topological polar surface area (TPSA) is 71.1 Å². The predicted molar refractivity (Wildman–Crippen MR) is 157 cm³/mol. The van der Waals surface area contributed by atoms with Gasteiger partial charge in [-0.25, -0.2) is 4.79 Å². The zero-order chi connectivity index (χ0) is 28.9. The van der Waals surface area contributed by atoms with Crippen LogP contribution >= 0.6 is 23.2 Å². The fourth-order valence-electron chi connectivity index (χ4n) is 4.83. The van der Waals surface area contributed by atoms with Gasteiger partial charge >= 0.3 is 6.09 Å². The van der Waals surface area contributed by atoms with Gasteiger partial charge in [0.05, 0.1) is 10.0 Å².